The van der Waals surface area contributed by atoms with Gasteiger partial charge in [-0.2, -0.15) is 0 Å². The molecule has 3 aromatic carbocycles. The number of ether oxygens (including phenoxy) is 3. The van der Waals surface area contributed by atoms with Gasteiger partial charge in [0.05, 0.1) is 12.7 Å². The number of aliphatic hydroxyl groups excluding tert-OH is 1. The van der Waals surface area contributed by atoms with Gasteiger partial charge < -0.3 is 19.3 Å². The largest absolute Gasteiger partial charge is 0.491 e. The molecular formula is C30H32O4S. The molecule has 1 N–H and O–H groups in total. The van der Waals surface area contributed by atoms with Crippen molar-refractivity contribution < 1.29 is 19.3 Å². The molecule has 35 heavy (non-hydrogen) atoms. The zero-order chi connectivity index (χ0) is 24.2. The Morgan fingerprint density at radius 2 is 1.69 bits per heavy atom. The zero-order valence-corrected chi connectivity index (χ0v) is 21.1. The van der Waals surface area contributed by atoms with E-state index < -0.39 is 0 Å². The molecule has 5 heteroatoms. The van der Waals surface area contributed by atoms with Crippen LogP contribution >= 0.6 is 11.3 Å². The summed E-state index contributed by atoms with van der Waals surface area (Å²) in [5, 5.41) is 13.0. The molecule has 1 fully saturated rings. The SMILES string of the molecule is CCOCCOc1ccc(-c2csc3ccc(COc4ccc([C@H]5C[C@H](O)C5)cc4)cc23)c(C)c1. The van der Waals surface area contributed by atoms with Crippen LogP contribution in [0.3, 0.4) is 0 Å². The Kier molecular flexibility index (Phi) is 7.37. The summed E-state index contributed by atoms with van der Waals surface area (Å²) in [4.78, 5) is 0. The molecule has 1 aliphatic carbocycles. The second kappa shape index (κ2) is 10.8. The monoisotopic (exact) mass is 488 g/mol. The van der Waals surface area contributed by atoms with Gasteiger partial charge in [0.1, 0.15) is 24.7 Å². The summed E-state index contributed by atoms with van der Waals surface area (Å²) in [5.74, 6) is 2.23. The first-order valence-electron chi connectivity index (χ1n) is 12.3. The van der Waals surface area contributed by atoms with Gasteiger partial charge in [0.2, 0.25) is 0 Å². The lowest BCUT2D eigenvalue weighted by Gasteiger charge is -2.31. The molecule has 0 saturated heterocycles. The Morgan fingerprint density at radius 1 is 0.886 bits per heavy atom. The van der Waals surface area contributed by atoms with Crippen LogP contribution in [-0.2, 0) is 11.3 Å². The molecule has 1 aromatic heterocycles. The minimum Gasteiger partial charge on any atom is -0.491 e. The number of rotatable bonds is 10. The van der Waals surface area contributed by atoms with Gasteiger partial charge in [0.25, 0.3) is 0 Å². The van der Waals surface area contributed by atoms with Crippen LogP contribution in [0, 0.1) is 6.92 Å². The molecule has 1 aliphatic rings. The van der Waals surface area contributed by atoms with E-state index in [4.69, 9.17) is 14.2 Å². The van der Waals surface area contributed by atoms with E-state index in [2.05, 4.69) is 54.8 Å². The quantitative estimate of drug-likeness (QED) is 0.242. The summed E-state index contributed by atoms with van der Waals surface area (Å²) in [6.45, 7) is 6.52. The van der Waals surface area contributed by atoms with Gasteiger partial charge in [-0.3, -0.25) is 0 Å². The van der Waals surface area contributed by atoms with Crippen molar-refractivity contribution in [2.45, 2.75) is 45.3 Å². The summed E-state index contributed by atoms with van der Waals surface area (Å²) in [6.07, 6.45) is 1.60. The van der Waals surface area contributed by atoms with E-state index in [9.17, 15) is 5.11 Å². The molecule has 0 atom stereocenters. The molecule has 0 amide bonds. The average Bonchev–Trinajstić information content (AvgIpc) is 3.27. The number of benzene rings is 3. The zero-order valence-electron chi connectivity index (χ0n) is 20.3. The summed E-state index contributed by atoms with van der Waals surface area (Å²) >= 11 is 1.77. The molecule has 0 bridgehead atoms. The van der Waals surface area contributed by atoms with Gasteiger partial charge in [0.15, 0.2) is 0 Å². The molecule has 1 saturated carbocycles. The number of thiophene rings is 1. The highest BCUT2D eigenvalue weighted by Gasteiger charge is 2.28. The maximum atomic E-state index is 9.54. The highest BCUT2D eigenvalue weighted by molar-refractivity contribution is 7.17. The Hall–Kier alpha value is -2.86. The van der Waals surface area contributed by atoms with E-state index in [0.717, 1.165) is 29.9 Å². The highest BCUT2D eigenvalue weighted by atomic mass is 32.1. The lowest BCUT2D eigenvalue weighted by molar-refractivity contribution is 0.0746. The van der Waals surface area contributed by atoms with E-state index in [-0.39, 0.29) is 6.10 Å². The fourth-order valence-electron chi connectivity index (χ4n) is 4.63. The number of aryl methyl sites for hydroxylation is 1. The van der Waals surface area contributed by atoms with Crippen molar-refractivity contribution in [2.75, 3.05) is 19.8 Å². The van der Waals surface area contributed by atoms with Crippen LogP contribution in [0.5, 0.6) is 11.5 Å². The maximum Gasteiger partial charge on any atom is 0.119 e. The molecule has 0 aliphatic heterocycles. The first-order valence-corrected chi connectivity index (χ1v) is 13.2. The van der Waals surface area contributed by atoms with E-state index in [1.54, 1.807) is 11.3 Å². The van der Waals surface area contributed by atoms with Crippen molar-refractivity contribution in [1.29, 1.82) is 0 Å². The predicted octanol–water partition coefficient (Wildman–Crippen LogP) is 7.11. The minimum atomic E-state index is -0.131. The number of hydrogen-bond donors (Lipinski definition) is 1. The molecule has 1 heterocycles. The third kappa shape index (κ3) is 5.53. The van der Waals surface area contributed by atoms with Gasteiger partial charge in [0, 0.05) is 22.3 Å². The third-order valence-corrected chi connectivity index (χ3v) is 7.66. The maximum absolute atomic E-state index is 9.54. The first kappa shape index (κ1) is 23.9. The number of aliphatic hydroxyl groups is 1. The van der Waals surface area contributed by atoms with Crippen LogP contribution in [-0.4, -0.2) is 31.0 Å². The summed E-state index contributed by atoms with van der Waals surface area (Å²) < 4.78 is 18.5. The van der Waals surface area contributed by atoms with Crippen LogP contribution in [0.2, 0.25) is 0 Å². The lowest BCUT2D eigenvalue weighted by Crippen LogP contribution is -2.26. The molecule has 0 spiro atoms. The van der Waals surface area contributed by atoms with E-state index in [0.29, 0.717) is 32.3 Å². The summed E-state index contributed by atoms with van der Waals surface area (Å²) in [5.41, 5.74) is 6.10. The molecule has 4 nitrogen and oxygen atoms in total. The predicted molar refractivity (Wildman–Crippen MR) is 143 cm³/mol. The van der Waals surface area contributed by atoms with E-state index >= 15 is 0 Å². The Morgan fingerprint density at radius 3 is 2.43 bits per heavy atom. The van der Waals surface area contributed by atoms with Crippen molar-refractivity contribution in [3.8, 4) is 22.6 Å². The van der Waals surface area contributed by atoms with Gasteiger partial charge in [-0.1, -0.05) is 24.3 Å². The minimum absolute atomic E-state index is 0.131. The highest BCUT2D eigenvalue weighted by Crippen LogP contribution is 2.38. The molecule has 4 aromatic rings. The van der Waals surface area contributed by atoms with Crippen LogP contribution in [0.25, 0.3) is 21.2 Å². The van der Waals surface area contributed by atoms with Crippen LogP contribution in [0.15, 0.2) is 66.0 Å². The van der Waals surface area contributed by atoms with Crippen molar-refractivity contribution in [3.63, 3.8) is 0 Å². The molecule has 182 valence electrons. The van der Waals surface area contributed by atoms with Crippen molar-refractivity contribution >= 4 is 21.4 Å². The average molecular weight is 489 g/mol. The molecule has 5 rings (SSSR count). The van der Waals surface area contributed by atoms with Crippen LogP contribution in [0.4, 0.5) is 0 Å². The van der Waals surface area contributed by atoms with Crippen LogP contribution < -0.4 is 9.47 Å². The number of hydrogen-bond acceptors (Lipinski definition) is 5. The fourth-order valence-corrected chi connectivity index (χ4v) is 5.57. The Bertz CT molecular complexity index is 1270. The van der Waals surface area contributed by atoms with E-state index in [1.807, 2.05) is 25.1 Å². The van der Waals surface area contributed by atoms with E-state index in [1.165, 1.54) is 32.3 Å². The smallest absolute Gasteiger partial charge is 0.119 e. The molecule has 0 radical (unpaired) electrons. The molecule has 0 unspecified atom stereocenters. The van der Waals surface area contributed by atoms with Crippen molar-refractivity contribution in [2.24, 2.45) is 0 Å². The summed E-state index contributed by atoms with van der Waals surface area (Å²) in [7, 11) is 0. The molecular weight excluding hydrogens is 456 g/mol. The normalized spacial score (nSPS) is 17.3. The van der Waals surface area contributed by atoms with Gasteiger partial charge in [-0.05, 0) is 96.6 Å². The van der Waals surface area contributed by atoms with Crippen LogP contribution in [0.1, 0.15) is 42.4 Å². The van der Waals surface area contributed by atoms with Crippen molar-refractivity contribution in [1.82, 2.24) is 0 Å². The Labute approximate surface area is 211 Å². The van der Waals surface area contributed by atoms with Gasteiger partial charge >= 0.3 is 0 Å². The van der Waals surface area contributed by atoms with Crippen molar-refractivity contribution in [3.05, 3.63) is 82.7 Å². The topological polar surface area (TPSA) is 47.9 Å². The van der Waals surface area contributed by atoms with Gasteiger partial charge in [-0.15, -0.1) is 11.3 Å². The number of fused-ring (bicyclic) bond motifs is 1. The third-order valence-electron chi connectivity index (χ3n) is 6.70. The second-order valence-corrected chi connectivity index (χ2v) is 10.1. The Balaban J connectivity index is 1.27. The fraction of sp³-hybridized carbons (Fsp3) is 0.333. The first-order chi connectivity index (χ1) is 17.1. The lowest BCUT2D eigenvalue weighted by atomic mass is 9.78. The van der Waals surface area contributed by atoms with Gasteiger partial charge in [-0.25, -0.2) is 0 Å². The standard InChI is InChI=1S/C30H32O4S/c1-3-32-12-13-33-26-9-10-27(20(2)14-26)29-19-35-30-11-4-21(15-28(29)30)18-34-25-7-5-22(6-8-25)23-16-24(31)17-23/h4-11,14-15,19,23-24,31H,3,12-13,16-18H2,1-2H3/t23-,24-. The second-order valence-electron chi connectivity index (χ2n) is 9.18. The summed E-state index contributed by atoms with van der Waals surface area (Å²) in [6, 6.07) is 21.2.